The summed E-state index contributed by atoms with van der Waals surface area (Å²) in [7, 11) is 0. The fourth-order valence-electron chi connectivity index (χ4n) is 1.75. The standard InChI is InChI=1S/C12H13N3O2S/c1-8-5-3-4-6-10(8)9(2)14-12-13-7-11(18-12)15(16)17/h3-7,9H,1-2H3,(H,13,14). The van der Waals surface area contributed by atoms with Crippen LogP contribution in [0.4, 0.5) is 10.1 Å². The number of thiazole rings is 1. The Morgan fingerprint density at radius 3 is 2.78 bits per heavy atom. The normalized spacial score (nSPS) is 12.1. The van der Waals surface area contributed by atoms with Crippen LogP contribution < -0.4 is 5.32 Å². The second-order valence-corrected chi connectivity index (χ2v) is 4.99. The Bertz CT molecular complexity index is 568. The van der Waals surface area contributed by atoms with Gasteiger partial charge in [-0.1, -0.05) is 24.3 Å². The molecule has 1 heterocycles. The molecule has 5 nitrogen and oxygen atoms in total. The first-order valence-electron chi connectivity index (χ1n) is 5.50. The minimum absolute atomic E-state index is 0.0504. The molecule has 0 spiro atoms. The van der Waals surface area contributed by atoms with E-state index in [1.54, 1.807) is 0 Å². The minimum Gasteiger partial charge on any atom is -0.355 e. The third-order valence-electron chi connectivity index (χ3n) is 2.67. The molecule has 0 aliphatic heterocycles. The summed E-state index contributed by atoms with van der Waals surface area (Å²) in [5.41, 5.74) is 2.35. The molecule has 1 N–H and O–H groups in total. The molecule has 0 amide bonds. The van der Waals surface area contributed by atoms with Gasteiger partial charge in [0.1, 0.15) is 6.20 Å². The molecule has 1 aromatic heterocycles. The topological polar surface area (TPSA) is 68.1 Å². The number of rotatable bonds is 4. The summed E-state index contributed by atoms with van der Waals surface area (Å²) in [6, 6.07) is 8.11. The fourth-order valence-corrected chi connectivity index (χ4v) is 2.47. The lowest BCUT2D eigenvalue weighted by molar-refractivity contribution is -0.380. The van der Waals surface area contributed by atoms with Crippen molar-refractivity contribution in [2.45, 2.75) is 19.9 Å². The molecular formula is C12H13N3O2S. The number of anilines is 1. The molecule has 0 bridgehead atoms. The average Bonchev–Trinajstić information content (AvgIpc) is 2.78. The van der Waals surface area contributed by atoms with Crippen LogP contribution in [0, 0.1) is 17.0 Å². The van der Waals surface area contributed by atoms with Crippen molar-refractivity contribution >= 4 is 21.5 Å². The van der Waals surface area contributed by atoms with Gasteiger partial charge >= 0.3 is 5.00 Å². The second kappa shape index (κ2) is 5.14. The molecule has 94 valence electrons. The first kappa shape index (κ1) is 12.5. The molecular weight excluding hydrogens is 250 g/mol. The van der Waals surface area contributed by atoms with Crippen molar-refractivity contribution in [3.8, 4) is 0 Å². The van der Waals surface area contributed by atoms with E-state index < -0.39 is 4.92 Å². The highest BCUT2D eigenvalue weighted by Gasteiger charge is 2.14. The van der Waals surface area contributed by atoms with E-state index in [1.807, 2.05) is 38.1 Å². The Balaban J connectivity index is 2.13. The molecule has 0 fully saturated rings. The lowest BCUT2D eigenvalue weighted by Crippen LogP contribution is -2.07. The van der Waals surface area contributed by atoms with Gasteiger partial charge in [0.2, 0.25) is 0 Å². The monoisotopic (exact) mass is 263 g/mol. The van der Waals surface area contributed by atoms with Gasteiger partial charge in [-0.15, -0.1) is 0 Å². The number of nitrogens with one attached hydrogen (secondary N) is 1. The number of aromatic nitrogens is 1. The molecule has 2 aromatic rings. The quantitative estimate of drug-likeness (QED) is 0.676. The van der Waals surface area contributed by atoms with Gasteiger partial charge in [-0.2, -0.15) is 0 Å². The molecule has 0 saturated carbocycles. The maximum Gasteiger partial charge on any atom is 0.345 e. The predicted molar refractivity (Wildman–Crippen MR) is 72.0 cm³/mol. The first-order chi connectivity index (χ1) is 8.58. The van der Waals surface area contributed by atoms with Crippen molar-refractivity contribution in [3.63, 3.8) is 0 Å². The lowest BCUT2D eigenvalue weighted by Gasteiger charge is -2.15. The summed E-state index contributed by atoms with van der Waals surface area (Å²) in [5.74, 6) is 0. The number of benzene rings is 1. The van der Waals surface area contributed by atoms with Crippen LogP contribution in [0.1, 0.15) is 24.1 Å². The highest BCUT2D eigenvalue weighted by molar-refractivity contribution is 7.18. The van der Waals surface area contributed by atoms with E-state index in [9.17, 15) is 10.1 Å². The molecule has 1 atom stereocenters. The van der Waals surface area contributed by atoms with Crippen molar-refractivity contribution < 1.29 is 4.92 Å². The summed E-state index contributed by atoms with van der Waals surface area (Å²) in [5, 5.41) is 14.4. The molecule has 6 heteroatoms. The molecule has 2 rings (SSSR count). The zero-order chi connectivity index (χ0) is 13.1. The highest BCUT2D eigenvalue weighted by atomic mass is 32.1. The van der Waals surface area contributed by atoms with Crippen LogP contribution in [0.2, 0.25) is 0 Å². The summed E-state index contributed by atoms with van der Waals surface area (Å²) in [4.78, 5) is 14.1. The van der Waals surface area contributed by atoms with Crippen molar-refractivity contribution in [2.24, 2.45) is 0 Å². The van der Waals surface area contributed by atoms with Crippen molar-refractivity contribution in [2.75, 3.05) is 5.32 Å². The zero-order valence-corrected chi connectivity index (χ0v) is 10.9. The van der Waals surface area contributed by atoms with Gasteiger partial charge in [0.15, 0.2) is 5.13 Å². The smallest absolute Gasteiger partial charge is 0.345 e. The Morgan fingerprint density at radius 1 is 1.44 bits per heavy atom. The van der Waals surface area contributed by atoms with Crippen LogP contribution >= 0.6 is 11.3 Å². The Hall–Kier alpha value is -1.95. The molecule has 1 aromatic carbocycles. The maximum absolute atomic E-state index is 10.6. The number of nitrogens with zero attached hydrogens (tertiary/aromatic N) is 2. The number of nitro groups is 1. The van der Waals surface area contributed by atoms with E-state index >= 15 is 0 Å². The van der Waals surface area contributed by atoms with Gasteiger partial charge in [-0.3, -0.25) is 10.1 Å². The second-order valence-electron chi connectivity index (χ2n) is 3.98. The predicted octanol–water partition coefficient (Wildman–Crippen LogP) is 3.53. The Labute approximate surface area is 109 Å². The summed E-state index contributed by atoms with van der Waals surface area (Å²) >= 11 is 1.05. The van der Waals surface area contributed by atoms with Gasteiger partial charge < -0.3 is 5.32 Å². The zero-order valence-electron chi connectivity index (χ0n) is 10.1. The number of aryl methyl sites for hydroxylation is 1. The summed E-state index contributed by atoms with van der Waals surface area (Å²) in [6.45, 7) is 4.05. The van der Waals surface area contributed by atoms with E-state index in [2.05, 4.69) is 10.3 Å². The van der Waals surface area contributed by atoms with Crippen molar-refractivity contribution in [1.82, 2.24) is 4.98 Å². The Kier molecular flexibility index (Phi) is 3.57. The van der Waals surface area contributed by atoms with Gasteiger partial charge in [-0.05, 0) is 36.3 Å². The summed E-state index contributed by atoms with van der Waals surface area (Å²) < 4.78 is 0. The third kappa shape index (κ3) is 2.65. The van der Waals surface area contributed by atoms with Crippen LogP contribution in [-0.2, 0) is 0 Å². The van der Waals surface area contributed by atoms with E-state index in [4.69, 9.17) is 0 Å². The summed E-state index contributed by atoms with van der Waals surface area (Å²) in [6.07, 6.45) is 1.28. The van der Waals surface area contributed by atoms with E-state index in [-0.39, 0.29) is 11.0 Å². The van der Waals surface area contributed by atoms with Crippen LogP contribution in [0.3, 0.4) is 0 Å². The first-order valence-corrected chi connectivity index (χ1v) is 6.32. The van der Waals surface area contributed by atoms with Crippen LogP contribution in [0.15, 0.2) is 30.5 Å². The minimum atomic E-state index is -0.429. The van der Waals surface area contributed by atoms with Crippen LogP contribution in [0.25, 0.3) is 0 Å². The van der Waals surface area contributed by atoms with Gasteiger partial charge in [-0.25, -0.2) is 4.98 Å². The van der Waals surface area contributed by atoms with Crippen LogP contribution in [-0.4, -0.2) is 9.91 Å². The van der Waals surface area contributed by atoms with Gasteiger partial charge in [0.25, 0.3) is 0 Å². The molecule has 18 heavy (non-hydrogen) atoms. The maximum atomic E-state index is 10.6. The number of hydrogen-bond donors (Lipinski definition) is 1. The Morgan fingerprint density at radius 2 is 2.17 bits per heavy atom. The molecule has 1 unspecified atom stereocenters. The van der Waals surface area contributed by atoms with Crippen molar-refractivity contribution in [3.05, 3.63) is 51.7 Å². The molecule has 0 saturated heterocycles. The van der Waals surface area contributed by atoms with Gasteiger partial charge in [0, 0.05) is 0 Å². The number of hydrogen-bond acceptors (Lipinski definition) is 5. The van der Waals surface area contributed by atoms with E-state index in [1.165, 1.54) is 11.8 Å². The van der Waals surface area contributed by atoms with Gasteiger partial charge in [0.05, 0.1) is 11.0 Å². The highest BCUT2D eigenvalue weighted by Crippen LogP contribution is 2.28. The SMILES string of the molecule is Cc1ccccc1C(C)Nc1ncc([N+](=O)[O-])s1. The van der Waals surface area contributed by atoms with Crippen LogP contribution in [0.5, 0.6) is 0 Å². The van der Waals surface area contributed by atoms with Crippen molar-refractivity contribution in [1.29, 1.82) is 0 Å². The van der Waals surface area contributed by atoms with E-state index in [0.717, 1.165) is 16.9 Å². The molecule has 0 aliphatic rings. The largest absolute Gasteiger partial charge is 0.355 e. The third-order valence-corrected chi connectivity index (χ3v) is 3.55. The average molecular weight is 263 g/mol. The lowest BCUT2D eigenvalue weighted by atomic mass is 10.0. The fraction of sp³-hybridized carbons (Fsp3) is 0.250. The van der Waals surface area contributed by atoms with E-state index in [0.29, 0.717) is 5.13 Å². The molecule has 0 aliphatic carbocycles. The molecule has 0 radical (unpaired) electrons.